The maximum absolute atomic E-state index is 13.1. The number of fused-ring (bicyclic) bond motifs is 1. The van der Waals surface area contributed by atoms with E-state index in [2.05, 4.69) is 9.71 Å². The van der Waals surface area contributed by atoms with E-state index in [1.807, 2.05) is 6.07 Å². The van der Waals surface area contributed by atoms with E-state index in [4.69, 9.17) is 9.47 Å². The molecule has 0 saturated heterocycles. The molecular formula is C18H18N2O6S. The predicted octanol–water partition coefficient (Wildman–Crippen LogP) is 1.72. The highest BCUT2D eigenvalue weighted by Gasteiger charge is 2.50. The van der Waals surface area contributed by atoms with Crippen LogP contribution in [0.1, 0.15) is 26.3 Å². The summed E-state index contributed by atoms with van der Waals surface area (Å²) >= 11 is 0. The van der Waals surface area contributed by atoms with Gasteiger partial charge in [0.05, 0.1) is 11.3 Å². The van der Waals surface area contributed by atoms with Gasteiger partial charge in [-0.15, -0.1) is 0 Å². The average molecular weight is 390 g/mol. The number of carbonyl (C=O) groups is 2. The van der Waals surface area contributed by atoms with Crippen molar-refractivity contribution in [3.63, 3.8) is 0 Å². The van der Waals surface area contributed by atoms with E-state index in [1.54, 1.807) is 24.3 Å². The first kappa shape index (κ1) is 18.8. The molecule has 0 saturated carbocycles. The molecule has 0 radical (unpaired) electrons. The van der Waals surface area contributed by atoms with Crippen molar-refractivity contribution >= 4 is 32.7 Å². The fourth-order valence-electron chi connectivity index (χ4n) is 2.82. The summed E-state index contributed by atoms with van der Waals surface area (Å²) in [5.74, 6) is -2.54. The minimum Gasteiger partial charge on any atom is -0.456 e. The van der Waals surface area contributed by atoms with Crippen LogP contribution in [0.15, 0.2) is 48.2 Å². The van der Waals surface area contributed by atoms with Crippen LogP contribution in [0.4, 0.5) is 0 Å². The number of hydrogen-bond donors (Lipinski definition) is 1. The third-order valence-electron chi connectivity index (χ3n) is 4.19. The number of rotatable bonds is 5. The molecule has 1 atom stereocenters. The Hall–Kier alpha value is -2.94. The van der Waals surface area contributed by atoms with Crippen LogP contribution in [0, 0.1) is 0 Å². The van der Waals surface area contributed by atoms with E-state index in [0.717, 1.165) is 6.92 Å². The Morgan fingerprint density at radius 2 is 2.00 bits per heavy atom. The fourth-order valence-corrected chi connectivity index (χ4v) is 3.38. The van der Waals surface area contributed by atoms with Crippen molar-refractivity contribution in [1.29, 1.82) is 0 Å². The normalized spacial score (nSPS) is 19.9. The van der Waals surface area contributed by atoms with Crippen LogP contribution in [0.3, 0.4) is 0 Å². The van der Waals surface area contributed by atoms with Gasteiger partial charge in [0.2, 0.25) is 21.7 Å². The van der Waals surface area contributed by atoms with Crippen LogP contribution >= 0.6 is 0 Å². The number of pyridine rings is 1. The number of sulfonamides is 1. The van der Waals surface area contributed by atoms with Crippen LogP contribution in [-0.4, -0.2) is 30.9 Å². The fraction of sp³-hybridized carbons (Fsp3) is 0.278. The molecule has 27 heavy (non-hydrogen) atoms. The van der Waals surface area contributed by atoms with Crippen LogP contribution in [0.5, 0.6) is 0 Å². The zero-order valence-electron chi connectivity index (χ0n) is 15.0. The number of aromatic nitrogens is 1. The van der Waals surface area contributed by atoms with Gasteiger partial charge in [0.1, 0.15) is 0 Å². The molecule has 1 aliphatic heterocycles. The molecule has 2 heterocycles. The van der Waals surface area contributed by atoms with E-state index >= 15 is 0 Å². The van der Waals surface area contributed by atoms with E-state index < -0.39 is 39.0 Å². The van der Waals surface area contributed by atoms with Crippen molar-refractivity contribution in [3.05, 3.63) is 53.7 Å². The first-order valence-corrected chi connectivity index (χ1v) is 9.84. The number of para-hydroxylation sites is 1. The molecule has 0 spiro atoms. The molecule has 8 nitrogen and oxygen atoms in total. The van der Waals surface area contributed by atoms with Crippen molar-refractivity contribution in [2.24, 2.45) is 0 Å². The summed E-state index contributed by atoms with van der Waals surface area (Å²) in [7, 11) is -3.76. The molecule has 0 amide bonds. The molecule has 1 aliphatic rings. The maximum atomic E-state index is 13.1. The van der Waals surface area contributed by atoms with Crippen molar-refractivity contribution in [1.82, 2.24) is 9.71 Å². The Kier molecular flexibility index (Phi) is 4.64. The molecule has 142 valence electrons. The molecule has 2 aromatic rings. The number of benzene rings is 1. The minimum absolute atomic E-state index is 0.240. The summed E-state index contributed by atoms with van der Waals surface area (Å²) in [5, 5.41) is 0.664. The molecule has 0 aliphatic carbocycles. The summed E-state index contributed by atoms with van der Waals surface area (Å²) in [4.78, 5) is 28.8. The van der Waals surface area contributed by atoms with Crippen LogP contribution < -0.4 is 4.72 Å². The number of hydrogen-bond acceptors (Lipinski definition) is 7. The summed E-state index contributed by atoms with van der Waals surface area (Å²) in [6.45, 7) is 4.04. The lowest BCUT2D eigenvalue weighted by atomic mass is 9.89. The van der Waals surface area contributed by atoms with Gasteiger partial charge in [-0.3, -0.25) is 19.3 Å². The summed E-state index contributed by atoms with van der Waals surface area (Å²) in [6.07, 6.45) is 1.53. The van der Waals surface area contributed by atoms with E-state index in [-0.39, 0.29) is 5.75 Å². The number of ether oxygens (including phenoxy) is 2. The van der Waals surface area contributed by atoms with Gasteiger partial charge in [-0.1, -0.05) is 18.2 Å². The van der Waals surface area contributed by atoms with Crippen molar-refractivity contribution in [3.8, 4) is 0 Å². The van der Waals surface area contributed by atoms with Gasteiger partial charge in [0, 0.05) is 24.1 Å². The lowest BCUT2D eigenvalue weighted by Crippen LogP contribution is -2.33. The molecule has 9 heteroatoms. The number of esters is 1. The highest BCUT2D eigenvalue weighted by atomic mass is 32.2. The predicted molar refractivity (Wildman–Crippen MR) is 96.6 cm³/mol. The number of carbonyl (C=O) groups excluding carboxylic acids is 2. The average Bonchev–Trinajstić information content (AvgIpc) is 2.85. The van der Waals surface area contributed by atoms with Gasteiger partial charge < -0.3 is 9.47 Å². The van der Waals surface area contributed by atoms with Gasteiger partial charge in [0.15, 0.2) is 5.60 Å². The van der Waals surface area contributed by atoms with Gasteiger partial charge >= 0.3 is 5.97 Å². The number of nitrogens with zero attached hydrogens (tertiary/aromatic N) is 1. The molecule has 1 N–H and O–H groups in total. The standard InChI is InChI=1S/C18H18N2O6S/c1-4-27(23,24)20-17-15(25-11(2)21)16(22)18(3,26-17)13-9-10-19-14-8-6-5-7-12(13)14/h5-10,20H,4H2,1-3H3. The SMILES string of the molecule is CCS(=O)(=O)NC1=C(OC(C)=O)C(=O)C(C)(c2ccnc3ccccc23)O1. The van der Waals surface area contributed by atoms with Gasteiger partial charge in [0.25, 0.3) is 5.78 Å². The first-order chi connectivity index (χ1) is 12.7. The monoisotopic (exact) mass is 390 g/mol. The topological polar surface area (TPSA) is 112 Å². The maximum Gasteiger partial charge on any atom is 0.308 e. The van der Waals surface area contributed by atoms with Gasteiger partial charge in [-0.05, 0) is 26.0 Å². The number of nitrogens with one attached hydrogen (secondary N) is 1. The highest BCUT2D eigenvalue weighted by Crippen LogP contribution is 2.41. The molecule has 1 unspecified atom stereocenters. The van der Waals surface area contributed by atoms with Crippen molar-refractivity contribution in [2.45, 2.75) is 26.4 Å². The zero-order valence-corrected chi connectivity index (χ0v) is 15.8. The lowest BCUT2D eigenvalue weighted by Gasteiger charge is -2.25. The second-order valence-electron chi connectivity index (χ2n) is 6.10. The molecular weight excluding hydrogens is 372 g/mol. The van der Waals surface area contributed by atoms with Crippen molar-refractivity contribution < 1.29 is 27.5 Å². The van der Waals surface area contributed by atoms with E-state index in [1.165, 1.54) is 20.0 Å². The summed E-state index contributed by atoms with van der Waals surface area (Å²) in [5.41, 5.74) is -0.462. The Morgan fingerprint density at radius 1 is 1.30 bits per heavy atom. The Bertz CT molecular complexity index is 1070. The third-order valence-corrected chi connectivity index (χ3v) is 5.45. The van der Waals surface area contributed by atoms with Gasteiger partial charge in [-0.2, -0.15) is 0 Å². The highest BCUT2D eigenvalue weighted by molar-refractivity contribution is 7.89. The Labute approximate surface area is 156 Å². The number of Topliss-reactive ketones (excluding diaryl/α,β-unsaturated/α-hetero) is 1. The molecule has 0 fully saturated rings. The first-order valence-electron chi connectivity index (χ1n) is 8.19. The number of ketones is 1. The quantitative estimate of drug-likeness (QED) is 0.774. The second-order valence-corrected chi connectivity index (χ2v) is 8.11. The van der Waals surface area contributed by atoms with Crippen molar-refractivity contribution in [2.75, 3.05) is 5.75 Å². The Morgan fingerprint density at radius 3 is 2.67 bits per heavy atom. The zero-order chi connectivity index (χ0) is 19.8. The molecule has 3 rings (SSSR count). The molecule has 0 bridgehead atoms. The smallest absolute Gasteiger partial charge is 0.308 e. The van der Waals surface area contributed by atoms with E-state index in [9.17, 15) is 18.0 Å². The van der Waals surface area contributed by atoms with Crippen LogP contribution in [0.2, 0.25) is 0 Å². The second kappa shape index (κ2) is 6.66. The summed E-state index contributed by atoms with van der Waals surface area (Å²) in [6, 6.07) is 8.77. The lowest BCUT2D eigenvalue weighted by molar-refractivity contribution is -0.142. The van der Waals surface area contributed by atoms with Crippen LogP contribution in [0.25, 0.3) is 10.9 Å². The molecule has 1 aromatic carbocycles. The van der Waals surface area contributed by atoms with E-state index in [0.29, 0.717) is 16.5 Å². The minimum atomic E-state index is -3.76. The third kappa shape index (κ3) is 3.37. The van der Waals surface area contributed by atoms with Crippen LogP contribution in [-0.2, 0) is 34.7 Å². The largest absolute Gasteiger partial charge is 0.456 e. The molecule has 1 aromatic heterocycles. The Balaban J connectivity index is 2.13. The van der Waals surface area contributed by atoms with Gasteiger partial charge in [-0.25, -0.2) is 8.42 Å². The summed E-state index contributed by atoms with van der Waals surface area (Å²) < 4.78 is 36.8.